The van der Waals surface area contributed by atoms with E-state index in [1.54, 1.807) is 0 Å². The lowest BCUT2D eigenvalue weighted by molar-refractivity contribution is 0.244. The zero-order valence-corrected chi connectivity index (χ0v) is 15.5. The molecule has 0 amide bonds. The number of imidazole rings is 1. The van der Waals surface area contributed by atoms with Gasteiger partial charge in [-0.1, -0.05) is 50.2 Å². The third-order valence-corrected chi connectivity index (χ3v) is 5.12. The highest BCUT2D eigenvalue weighted by molar-refractivity contribution is 5.29. The van der Waals surface area contributed by atoms with E-state index in [0.717, 1.165) is 24.7 Å². The van der Waals surface area contributed by atoms with Gasteiger partial charge >= 0.3 is 0 Å². The molecule has 0 aliphatic carbocycles. The molecule has 0 spiro atoms. The Hall–Kier alpha value is -2.46. The van der Waals surface area contributed by atoms with Crippen molar-refractivity contribution in [1.82, 2.24) is 19.4 Å². The van der Waals surface area contributed by atoms with E-state index < -0.39 is 0 Å². The van der Waals surface area contributed by atoms with E-state index in [1.807, 2.05) is 12.4 Å². The van der Waals surface area contributed by atoms with E-state index in [4.69, 9.17) is 4.98 Å². The Morgan fingerprint density at radius 3 is 2.73 bits per heavy atom. The standard InChI is InChI=1S/C22H26N4/c1-17(2)22-23-13-15-26(22)21-12-6-10-19(24-21)20-11-7-14-25(20)16-18-8-4-3-5-9-18/h3-6,8-10,12-13,15,17,20H,7,11,14,16H2,1-2H3/t20-/m1/s1. The first kappa shape index (κ1) is 17.0. The molecule has 134 valence electrons. The second-order valence-corrected chi connectivity index (χ2v) is 7.34. The van der Waals surface area contributed by atoms with Crippen LogP contribution in [0.15, 0.2) is 60.9 Å². The average Bonchev–Trinajstić information content (AvgIpc) is 3.32. The minimum absolute atomic E-state index is 0.372. The van der Waals surface area contributed by atoms with Crippen LogP contribution in [0, 0.1) is 0 Å². The third kappa shape index (κ3) is 3.42. The van der Waals surface area contributed by atoms with Crippen LogP contribution in [0.4, 0.5) is 0 Å². The van der Waals surface area contributed by atoms with E-state index in [-0.39, 0.29) is 0 Å². The monoisotopic (exact) mass is 346 g/mol. The smallest absolute Gasteiger partial charge is 0.138 e. The molecule has 1 aromatic carbocycles. The summed E-state index contributed by atoms with van der Waals surface area (Å²) < 4.78 is 2.12. The lowest BCUT2D eigenvalue weighted by Crippen LogP contribution is -2.23. The summed E-state index contributed by atoms with van der Waals surface area (Å²) >= 11 is 0. The van der Waals surface area contributed by atoms with Crippen molar-refractivity contribution in [3.63, 3.8) is 0 Å². The van der Waals surface area contributed by atoms with Crippen LogP contribution in [0.25, 0.3) is 5.82 Å². The molecule has 2 aromatic heterocycles. The first-order valence-corrected chi connectivity index (χ1v) is 9.51. The van der Waals surface area contributed by atoms with Gasteiger partial charge in [0, 0.05) is 24.9 Å². The van der Waals surface area contributed by atoms with Crippen molar-refractivity contribution < 1.29 is 0 Å². The molecule has 26 heavy (non-hydrogen) atoms. The van der Waals surface area contributed by atoms with E-state index in [1.165, 1.54) is 24.1 Å². The van der Waals surface area contributed by atoms with Gasteiger partial charge in [-0.25, -0.2) is 9.97 Å². The van der Waals surface area contributed by atoms with Gasteiger partial charge in [-0.05, 0) is 37.1 Å². The van der Waals surface area contributed by atoms with E-state index in [2.05, 4.69) is 76.8 Å². The summed E-state index contributed by atoms with van der Waals surface area (Å²) in [5, 5.41) is 0. The van der Waals surface area contributed by atoms with Crippen LogP contribution in [0.3, 0.4) is 0 Å². The molecule has 4 rings (SSSR count). The van der Waals surface area contributed by atoms with Gasteiger partial charge in [0.05, 0.1) is 11.7 Å². The van der Waals surface area contributed by atoms with Gasteiger partial charge in [0.15, 0.2) is 0 Å². The lowest BCUT2D eigenvalue weighted by atomic mass is 10.1. The van der Waals surface area contributed by atoms with Crippen LogP contribution in [0.2, 0.25) is 0 Å². The molecule has 3 heterocycles. The highest BCUT2D eigenvalue weighted by atomic mass is 15.2. The van der Waals surface area contributed by atoms with Crippen LogP contribution >= 0.6 is 0 Å². The Morgan fingerprint density at radius 2 is 1.92 bits per heavy atom. The molecule has 4 nitrogen and oxygen atoms in total. The molecule has 3 aromatic rings. The van der Waals surface area contributed by atoms with Gasteiger partial charge in [-0.2, -0.15) is 0 Å². The number of aromatic nitrogens is 3. The predicted molar refractivity (Wildman–Crippen MR) is 104 cm³/mol. The van der Waals surface area contributed by atoms with Gasteiger partial charge in [0.1, 0.15) is 11.6 Å². The quantitative estimate of drug-likeness (QED) is 0.670. The molecular weight excluding hydrogens is 320 g/mol. The van der Waals surface area contributed by atoms with E-state index in [0.29, 0.717) is 12.0 Å². The Bertz CT molecular complexity index is 853. The first-order valence-electron chi connectivity index (χ1n) is 9.51. The molecule has 1 fully saturated rings. The third-order valence-electron chi connectivity index (χ3n) is 5.12. The maximum absolute atomic E-state index is 5.01. The summed E-state index contributed by atoms with van der Waals surface area (Å²) in [6.45, 7) is 6.45. The van der Waals surface area contributed by atoms with Crippen LogP contribution in [-0.4, -0.2) is 26.0 Å². The molecule has 0 radical (unpaired) electrons. The zero-order valence-electron chi connectivity index (χ0n) is 15.5. The SMILES string of the molecule is CC(C)c1nccn1-c1cccc([C@H]2CCCN2Cc2ccccc2)n1. The molecule has 0 N–H and O–H groups in total. The number of nitrogens with zero attached hydrogens (tertiary/aromatic N) is 4. The van der Waals surface area contributed by atoms with Gasteiger partial charge in [0.25, 0.3) is 0 Å². The minimum Gasteiger partial charge on any atom is -0.291 e. The maximum atomic E-state index is 5.01. The summed E-state index contributed by atoms with van der Waals surface area (Å²) in [5.74, 6) is 2.40. The molecule has 1 aliphatic heterocycles. The molecular formula is C22H26N4. The van der Waals surface area contributed by atoms with Gasteiger partial charge in [-0.15, -0.1) is 0 Å². The topological polar surface area (TPSA) is 34.0 Å². The number of hydrogen-bond acceptors (Lipinski definition) is 3. The fourth-order valence-corrected chi connectivity index (χ4v) is 3.86. The number of rotatable bonds is 5. The fourth-order valence-electron chi connectivity index (χ4n) is 3.86. The highest BCUT2D eigenvalue weighted by Crippen LogP contribution is 2.32. The lowest BCUT2D eigenvalue weighted by Gasteiger charge is -2.24. The molecule has 4 heteroatoms. The largest absolute Gasteiger partial charge is 0.291 e. The van der Waals surface area contributed by atoms with Crippen LogP contribution in [0.5, 0.6) is 0 Å². The Morgan fingerprint density at radius 1 is 1.08 bits per heavy atom. The van der Waals surface area contributed by atoms with Crippen molar-refractivity contribution in [2.45, 2.75) is 45.2 Å². The molecule has 1 saturated heterocycles. The van der Waals surface area contributed by atoms with Crippen molar-refractivity contribution in [3.8, 4) is 5.82 Å². The van der Waals surface area contributed by atoms with Gasteiger partial charge in [0.2, 0.25) is 0 Å². The summed E-state index contributed by atoms with van der Waals surface area (Å²) in [4.78, 5) is 12.1. The minimum atomic E-state index is 0.372. The van der Waals surface area contributed by atoms with Crippen LogP contribution in [-0.2, 0) is 6.54 Å². The Labute approximate surface area is 155 Å². The predicted octanol–water partition coefficient (Wildman–Crippen LogP) is 4.73. The summed E-state index contributed by atoms with van der Waals surface area (Å²) in [5.41, 5.74) is 2.53. The van der Waals surface area contributed by atoms with Gasteiger partial charge < -0.3 is 0 Å². The average molecular weight is 346 g/mol. The molecule has 0 unspecified atom stereocenters. The molecule has 0 saturated carbocycles. The fraction of sp³-hybridized carbons (Fsp3) is 0.364. The first-order chi connectivity index (χ1) is 12.7. The van der Waals surface area contributed by atoms with Crippen molar-refractivity contribution in [2.24, 2.45) is 0 Å². The second kappa shape index (κ2) is 7.42. The normalized spacial score (nSPS) is 17.9. The highest BCUT2D eigenvalue weighted by Gasteiger charge is 2.27. The number of pyridine rings is 1. The van der Waals surface area contributed by atoms with Crippen LogP contribution in [0.1, 0.15) is 55.7 Å². The number of likely N-dealkylation sites (tertiary alicyclic amines) is 1. The number of hydrogen-bond donors (Lipinski definition) is 0. The summed E-state index contributed by atoms with van der Waals surface area (Å²) in [7, 11) is 0. The van der Waals surface area contributed by atoms with Crippen LogP contribution < -0.4 is 0 Å². The van der Waals surface area contributed by atoms with E-state index >= 15 is 0 Å². The number of benzene rings is 1. The molecule has 1 aliphatic rings. The van der Waals surface area contributed by atoms with Crippen molar-refractivity contribution in [1.29, 1.82) is 0 Å². The van der Waals surface area contributed by atoms with E-state index in [9.17, 15) is 0 Å². The maximum Gasteiger partial charge on any atom is 0.138 e. The summed E-state index contributed by atoms with van der Waals surface area (Å²) in [6, 6.07) is 17.5. The zero-order chi connectivity index (χ0) is 17.9. The Balaban J connectivity index is 1.60. The Kier molecular flexibility index (Phi) is 4.85. The van der Waals surface area contributed by atoms with Crippen molar-refractivity contribution in [3.05, 3.63) is 78.0 Å². The van der Waals surface area contributed by atoms with Gasteiger partial charge in [-0.3, -0.25) is 9.47 Å². The molecule has 0 bridgehead atoms. The van der Waals surface area contributed by atoms with Crippen molar-refractivity contribution >= 4 is 0 Å². The summed E-state index contributed by atoms with van der Waals surface area (Å²) in [6.07, 6.45) is 6.27. The van der Waals surface area contributed by atoms with Crippen molar-refractivity contribution in [2.75, 3.05) is 6.54 Å². The second-order valence-electron chi connectivity index (χ2n) is 7.34. The molecule has 1 atom stereocenters.